The minimum absolute atomic E-state index is 0.0958. The number of aromatic nitrogens is 2. The van der Waals surface area contributed by atoms with Gasteiger partial charge >= 0.3 is 0 Å². The van der Waals surface area contributed by atoms with Crippen molar-refractivity contribution >= 4 is 17.7 Å². The van der Waals surface area contributed by atoms with Crippen LogP contribution in [0.4, 0.5) is 0 Å². The molecule has 0 fully saturated rings. The summed E-state index contributed by atoms with van der Waals surface area (Å²) < 4.78 is 17.2. The SMILES string of the molecule is Cc1ccc(CNC(=O)[C@@H](C)Sc2nnc([C@@H]3COc4ccccc4O3)o2)cc1. The predicted octanol–water partition coefficient (Wildman–Crippen LogP) is 3.69. The highest BCUT2D eigenvalue weighted by Gasteiger charge is 2.28. The zero-order valence-electron chi connectivity index (χ0n) is 16.1. The van der Waals surface area contributed by atoms with Crippen LogP contribution in [0.15, 0.2) is 58.2 Å². The Balaban J connectivity index is 1.31. The van der Waals surface area contributed by atoms with Crippen molar-refractivity contribution in [2.24, 2.45) is 0 Å². The van der Waals surface area contributed by atoms with Crippen LogP contribution in [-0.4, -0.2) is 28.0 Å². The smallest absolute Gasteiger partial charge is 0.277 e. The average molecular weight is 411 g/mol. The van der Waals surface area contributed by atoms with Crippen LogP contribution >= 0.6 is 11.8 Å². The molecule has 8 heteroatoms. The van der Waals surface area contributed by atoms with E-state index in [-0.39, 0.29) is 17.8 Å². The second-order valence-corrected chi connectivity index (χ2v) is 8.03. The molecule has 0 aliphatic carbocycles. The third-order valence-electron chi connectivity index (χ3n) is 4.44. The van der Waals surface area contributed by atoms with Crippen molar-refractivity contribution in [3.8, 4) is 11.5 Å². The highest BCUT2D eigenvalue weighted by Crippen LogP contribution is 2.36. The van der Waals surface area contributed by atoms with Gasteiger partial charge < -0.3 is 19.2 Å². The van der Waals surface area contributed by atoms with E-state index in [1.807, 2.05) is 55.5 Å². The predicted molar refractivity (Wildman–Crippen MR) is 108 cm³/mol. The molecule has 1 aliphatic rings. The fraction of sp³-hybridized carbons (Fsp3) is 0.286. The summed E-state index contributed by atoms with van der Waals surface area (Å²) in [5.41, 5.74) is 2.24. The number of thioether (sulfide) groups is 1. The molecule has 1 aromatic heterocycles. The first-order chi connectivity index (χ1) is 14.1. The number of nitrogens with one attached hydrogen (secondary N) is 1. The molecule has 0 spiro atoms. The van der Waals surface area contributed by atoms with Crippen molar-refractivity contribution in [1.29, 1.82) is 0 Å². The lowest BCUT2D eigenvalue weighted by molar-refractivity contribution is -0.120. The Morgan fingerprint density at radius 2 is 1.93 bits per heavy atom. The molecule has 1 N–H and O–H groups in total. The van der Waals surface area contributed by atoms with Crippen molar-refractivity contribution in [2.75, 3.05) is 6.61 Å². The topological polar surface area (TPSA) is 86.5 Å². The first-order valence-electron chi connectivity index (χ1n) is 9.30. The summed E-state index contributed by atoms with van der Waals surface area (Å²) in [5.74, 6) is 1.56. The van der Waals surface area contributed by atoms with Crippen LogP contribution in [0.5, 0.6) is 11.5 Å². The Kier molecular flexibility index (Phi) is 5.71. The number of para-hydroxylation sites is 2. The molecule has 2 atom stereocenters. The lowest BCUT2D eigenvalue weighted by Crippen LogP contribution is -2.30. The van der Waals surface area contributed by atoms with E-state index in [4.69, 9.17) is 13.9 Å². The van der Waals surface area contributed by atoms with Crippen molar-refractivity contribution in [3.63, 3.8) is 0 Å². The number of aryl methyl sites for hydroxylation is 1. The second kappa shape index (κ2) is 8.57. The molecular weight excluding hydrogens is 390 g/mol. The molecule has 0 saturated carbocycles. The van der Waals surface area contributed by atoms with E-state index in [1.54, 1.807) is 6.92 Å². The number of carbonyl (C=O) groups is 1. The van der Waals surface area contributed by atoms with E-state index in [1.165, 1.54) is 17.3 Å². The van der Waals surface area contributed by atoms with Crippen molar-refractivity contribution in [1.82, 2.24) is 15.5 Å². The zero-order chi connectivity index (χ0) is 20.2. The highest BCUT2D eigenvalue weighted by atomic mass is 32.2. The van der Waals surface area contributed by atoms with E-state index in [2.05, 4.69) is 15.5 Å². The Hall–Kier alpha value is -3.00. The summed E-state index contributed by atoms with van der Waals surface area (Å²) in [6.45, 7) is 4.60. The lowest BCUT2D eigenvalue weighted by atomic mass is 10.1. The van der Waals surface area contributed by atoms with Gasteiger partial charge in [-0.15, -0.1) is 10.2 Å². The quantitative estimate of drug-likeness (QED) is 0.619. The Bertz CT molecular complexity index is 990. The molecule has 0 unspecified atom stereocenters. The maximum Gasteiger partial charge on any atom is 0.277 e. The van der Waals surface area contributed by atoms with E-state index in [0.717, 1.165) is 5.56 Å². The van der Waals surface area contributed by atoms with Gasteiger partial charge in [-0.2, -0.15) is 0 Å². The van der Waals surface area contributed by atoms with Crippen LogP contribution in [0.2, 0.25) is 0 Å². The maximum absolute atomic E-state index is 12.4. The van der Waals surface area contributed by atoms with Gasteiger partial charge in [-0.25, -0.2) is 0 Å². The zero-order valence-corrected chi connectivity index (χ0v) is 16.9. The number of nitrogens with zero attached hydrogens (tertiary/aromatic N) is 2. The van der Waals surface area contributed by atoms with Crippen molar-refractivity contribution < 1.29 is 18.7 Å². The number of carbonyl (C=O) groups excluding carboxylic acids is 1. The Morgan fingerprint density at radius 3 is 2.72 bits per heavy atom. The summed E-state index contributed by atoms with van der Waals surface area (Å²) in [4.78, 5) is 12.4. The molecular formula is C21H21N3O4S. The molecule has 1 aliphatic heterocycles. The molecule has 0 radical (unpaired) electrons. The Labute approximate surface area is 172 Å². The van der Waals surface area contributed by atoms with Crippen LogP contribution in [0.3, 0.4) is 0 Å². The van der Waals surface area contributed by atoms with E-state index < -0.39 is 6.10 Å². The molecule has 7 nitrogen and oxygen atoms in total. The number of benzene rings is 2. The molecule has 1 amide bonds. The molecule has 4 rings (SSSR count). The largest absolute Gasteiger partial charge is 0.485 e. The number of hydrogen-bond acceptors (Lipinski definition) is 7. The first kappa shape index (κ1) is 19.3. The van der Waals surface area contributed by atoms with Gasteiger partial charge in [0.2, 0.25) is 12.0 Å². The summed E-state index contributed by atoms with van der Waals surface area (Å²) in [6.07, 6.45) is -0.475. The fourth-order valence-corrected chi connectivity index (χ4v) is 3.50. The van der Waals surface area contributed by atoms with Gasteiger partial charge in [-0.3, -0.25) is 4.79 Å². The average Bonchev–Trinajstić information content (AvgIpc) is 3.21. The lowest BCUT2D eigenvalue weighted by Gasteiger charge is -2.23. The van der Waals surface area contributed by atoms with Gasteiger partial charge in [0.1, 0.15) is 6.61 Å². The molecule has 3 aromatic rings. The maximum atomic E-state index is 12.4. The molecule has 2 aromatic carbocycles. The van der Waals surface area contributed by atoms with Crippen LogP contribution in [-0.2, 0) is 11.3 Å². The van der Waals surface area contributed by atoms with Gasteiger partial charge in [0.25, 0.3) is 11.1 Å². The van der Waals surface area contributed by atoms with E-state index in [9.17, 15) is 4.79 Å². The summed E-state index contributed by atoms with van der Waals surface area (Å²) in [6, 6.07) is 15.5. The summed E-state index contributed by atoms with van der Waals surface area (Å²) >= 11 is 1.21. The first-order valence-corrected chi connectivity index (χ1v) is 10.2. The number of hydrogen-bond donors (Lipinski definition) is 1. The van der Waals surface area contributed by atoms with Gasteiger partial charge in [0, 0.05) is 6.54 Å². The van der Waals surface area contributed by atoms with Crippen molar-refractivity contribution in [2.45, 2.75) is 37.0 Å². The normalized spacial score (nSPS) is 16.3. The molecule has 2 heterocycles. The number of rotatable bonds is 6. The monoisotopic (exact) mass is 411 g/mol. The third-order valence-corrected chi connectivity index (χ3v) is 5.37. The summed E-state index contributed by atoms with van der Waals surface area (Å²) in [5, 5.41) is 10.9. The fourth-order valence-electron chi connectivity index (χ4n) is 2.78. The minimum Gasteiger partial charge on any atom is -0.485 e. The standard InChI is InChI=1S/C21H21N3O4S/c1-13-7-9-15(10-8-13)11-22-19(25)14(2)29-21-24-23-20(28-21)18-12-26-16-5-3-4-6-17(16)27-18/h3-10,14,18H,11-12H2,1-2H3,(H,22,25)/t14-,18+/m1/s1. The molecule has 0 bridgehead atoms. The van der Waals surface area contributed by atoms with Gasteiger partial charge in [-0.05, 0) is 31.5 Å². The van der Waals surface area contributed by atoms with Gasteiger partial charge in [-0.1, -0.05) is 53.7 Å². The number of ether oxygens (including phenoxy) is 2. The van der Waals surface area contributed by atoms with Crippen LogP contribution in [0.25, 0.3) is 0 Å². The molecule has 29 heavy (non-hydrogen) atoms. The molecule has 0 saturated heterocycles. The van der Waals surface area contributed by atoms with E-state index in [0.29, 0.717) is 29.2 Å². The van der Waals surface area contributed by atoms with Crippen molar-refractivity contribution in [3.05, 3.63) is 65.5 Å². The number of fused-ring (bicyclic) bond motifs is 1. The number of amides is 1. The molecule has 150 valence electrons. The third kappa shape index (κ3) is 4.71. The van der Waals surface area contributed by atoms with E-state index >= 15 is 0 Å². The Morgan fingerprint density at radius 1 is 1.17 bits per heavy atom. The van der Waals surface area contributed by atoms with Crippen LogP contribution in [0.1, 0.15) is 30.0 Å². The van der Waals surface area contributed by atoms with Crippen LogP contribution in [0, 0.1) is 6.92 Å². The second-order valence-electron chi connectivity index (χ2n) is 6.73. The highest BCUT2D eigenvalue weighted by molar-refractivity contribution is 8.00. The van der Waals surface area contributed by atoms with Gasteiger partial charge in [0.15, 0.2) is 11.5 Å². The van der Waals surface area contributed by atoms with Gasteiger partial charge in [0.05, 0.1) is 5.25 Å². The summed E-state index contributed by atoms with van der Waals surface area (Å²) in [7, 11) is 0. The minimum atomic E-state index is -0.475. The van der Waals surface area contributed by atoms with Crippen LogP contribution < -0.4 is 14.8 Å².